The van der Waals surface area contributed by atoms with E-state index < -0.39 is 0 Å². The van der Waals surface area contributed by atoms with E-state index in [2.05, 4.69) is 15.3 Å². The average molecular weight is 182 g/mol. The Morgan fingerprint density at radius 3 is 2.69 bits per heavy atom. The van der Waals surface area contributed by atoms with Crippen molar-refractivity contribution >= 4 is 11.5 Å². The Balaban J connectivity index is 2.94. The fourth-order valence-electron chi connectivity index (χ4n) is 0.896. The molecule has 0 spiro atoms. The average Bonchev–Trinajstić information content (AvgIpc) is 2.08. The highest BCUT2D eigenvalue weighted by molar-refractivity contribution is 5.66. The molecule has 3 N–H and O–H groups in total. The van der Waals surface area contributed by atoms with Crippen LogP contribution in [0.3, 0.4) is 0 Å². The minimum atomic E-state index is 0.0573. The van der Waals surface area contributed by atoms with Crippen LogP contribution in [0.2, 0.25) is 0 Å². The highest BCUT2D eigenvalue weighted by atomic mass is 16.5. The molecular weight excluding hydrogens is 168 g/mol. The molecule has 5 heteroatoms. The largest absolute Gasteiger partial charge is 0.473 e. The Kier molecular flexibility index (Phi) is 2.89. The molecule has 13 heavy (non-hydrogen) atoms. The Morgan fingerprint density at radius 2 is 2.15 bits per heavy atom. The van der Waals surface area contributed by atoms with E-state index in [0.29, 0.717) is 17.4 Å². The number of aromatic nitrogens is 2. The molecule has 0 fully saturated rings. The summed E-state index contributed by atoms with van der Waals surface area (Å²) in [6.07, 6.45) is 1.47. The van der Waals surface area contributed by atoms with Gasteiger partial charge in [0.1, 0.15) is 12.0 Å². The fourth-order valence-corrected chi connectivity index (χ4v) is 0.896. The van der Waals surface area contributed by atoms with Crippen LogP contribution in [-0.4, -0.2) is 23.1 Å². The summed E-state index contributed by atoms with van der Waals surface area (Å²) in [6, 6.07) is 0. The van der Waals surface area contributed by atoms with Crippen molar-refractivity contribution in [3.8, 4) is 5.88 Å². The summed E-state index contributed by atoms with van der Waals surface area (Å²) in [5.41, 5.74) is 6.17. The van der Waals surface area contributed by atoms with Crippen molar-refractivity contribution < 1.29 is 4.74 Å². The molecule has 0 bridgehead atoms. The van der Waals surface area contributed by atoms with Crippen LogP contribution in [-0.2, 0) is 0 Å². The molecule has 0 aliphatic heterocycles. The lowest BCUT2D eigenvalue weighted by Gasteiger charge is -2.11. The van der Waals surface area contributed by atoms with Crippen molar-refractivity contribution in [2.24, 2.45) is 0 Å². The van der Waals surface area contributed by atoms with Crippen LogP contribution in [0.5, 0.6) is 5.88 Å². The smallest absolute Gasteiger partial charge is 0.242 e. The second-order valence-electron chi connectivity index (χ2n) is 2.86. The first-order chi connectivity index (χ1) is 6.15. The molecule has 1 heterocycles. The minimum absolute atomic E-state index is 0.0573. The molecule has 1 aromatic rings. The monoisotopic (exact) mass is 182 g/mol. The van der Waals surface area contributed by atoms with Crippen LogP contribution in [0.4, 0.5) is 11.5 Å². The Labute approximate surface area is 77.3 Å². The molecule has 0 aromatic carbocycles. The summed E-state index contributed by atoms with van der Waals surface area (Å²) >= 11 is 0. The summed E-state index contributed by atoms with van der Waals surface area (Å²) in [7, 11) is 1.75. The van der Waals surface area contributed by atoms with Crippen LogP contribution < -0.4 is 15.8 Å². The van der Waals surface area contributed by atoms with Crippen molar-refractivity contribution in [2.75, 3.05) is 18.1 Å². The second-order valence-corrected chi connectivity index (χ2v) is 2.86. The van der Waals surface area contributed by atoms with Gasteiger partial charge >= 0.3 is 0 Å². The fraction of sp³-hybridized carbons (Fsp3) is 0.500. The number of nitrogens with one attached hydrogen (secondary N) is 1. The Morgan fingerprint density at radius 1 is 1.46 bits per heavy atom. The number of anilines is 2. The van der Waals surface area contributed by atoms with Crippen molar-refractivity contribution in [2.45, 2.75) is 20.0 Å². The first-order valence-electron chi connectivity index (χ1n) is 4.10. The van der Waals surface area contributed by atoms with Crippen molar-refractivity contribution in [1.29, 1.82) is 0 Å². The van der Waals surface area contributed by atoms with Crippen molar-refractivity contribution in [3.63, 3.8) is 0 Å². The third kappa shape index (κ3) is 2.21. The zero-order valence-corrected chi connectivity index (χ0v) is 8.03. The predicted molar refractivity (Wildman–Crippen MR) is 51.8 cm³/mol. The molecule has 0 atom stereocenters. The van der Waals surface area contributed by atoms with Crippen LogP contribution in [0.15, 0.2) is 6.33 Å². The molecule has 0 aliphatic rings. The van der Waals surface area contributed by atoms with Crippen molar-refractivity contribution in [3.05, 3.63) is 6.33 Å². The minimum Gasteiger partial charge on any atom is -0.473 e. The van der Waals surface area contributed by atoms with Crippen LogP contribution in [0.1, 0.15) is 13.8 Å². The van der Waals surface area contributed by atoms with Gasteiger partial charge in [0.2, 0.25) is 5.88 Å². The van der Waals surface area contributed by atoms with Gasteiger partial charge in [-0.25, -0.2) is 4.98 Å². The summed E-state index contributed by atoms with van der Waals surface area (Å²) in [5, 5.41) is 2.85. The molecule has 1 rings (SSSR count). The van der Waals surface area contributed by atoms with E-state index in [9.17, 15) is 0 Å². The number of nitrogens with two attached hydrogens (primary N) is 1. The van der Waals surface area contributed by atoms with Gasteiger partial charge in [-0.2, -0.15) is 4.98 Å². The maximum Gasteiger partial charge on any atom is 0.242 e. The molecule has 0 aliphatic carbocycles. The zero-order chi connectivity index (χ0) is 9.84. The second kappa shape index (κ2) is 3.93. The first-order valence-corrected chi connectivity index (χ1v) is 4.10. The third-order valence-corrected chi connectivity index (χ3v) is 1.43. The predicted octanol–water partition coefficient (Wildman–Crippen LogP) is 0.888. The SMILES string of the molecule is CNc1ncnc(OC(C)C)c1N. The number of nitrogen functional groups attached to an aromatic ring is 1. The van der Waals surface area contributed by atoms with Gasteiger partial charge in [-0.05, 0) is 13.8 Å². The molecule has 0 radical (unpaired) electrons. The molecule has 72 valence electrons. The number of ether oxygens (including phenoxy) is 1. The maximum absolute atomic E-state index is 5.73. The van der Waals surface area contributed by atoms with E-state index in [4.69, 9.17) is 10.5 Å². The molecule has 0 unspecified atom stereocenters. The van der Waals surface area contributed by atoms with E-state index in [1.807, 2.05) is 13.8 Å². The summed E-state index contributed by atoms with van der Waals surface area (Å²) < 4.78 is 5.37. The first kappa shape index (κ1) is 9.57. The number of nitrogens with zero attached hydrogens (tertiary/aromatic N) is 2. The van der Waals surface area contributed by atoms with Gasteiger partial charge in [0.25, 0.3) is 0 Å². The number of rotatable bonds is 3. The highest BCUT2D eigenvalue weighted by Crippen LogP contribution is 2.24. The third-order valence-electron chi connectivity index (χ3n) is 1.43. The lowest BCUT2D eigenvalue weighted by Crippen LogP contribution is -2.10. The van der Waals surface area contributed by atoms with E-state index in [0.717, 1.165) is 0 Å². The van der Waals surface area contributed by atoms with Crippen molar-refractivity contribution in [1.82, 2.24) is 9.97 Å². The van der Waals surface area contributed by atoms with Gasteiger partial charge in [0, 0.05) is 7.05 Å². The van der Waals surface area contributed by atoms with Gasteiger partial charge < -0.3 is 15.8 Å². The van der Waals surface area contributed by atoms with E-state index in [-0.39, 0.29) is 6.10 Å². The quantitative estimate of drug-likeness (QED) is 0.726. The summed E-state index contributed by atoms with van der Waals surface area (Å²) in [5.74, 6) is 1.01. The van der Waals surface area contributed by atoms with E-state index in [1.54, 1.807) is 7.05 Å². The van der Waals surface area contributed by atoms with Gasteiger partial charge in [-0.1, -0.05) is 0 Å². The van der Waals surface area contributed by atoms with Gasteiger partial charge in [0.15, 0.2) is 5.82 Å². The topological polar surface area (TPSA) is 73.1 Å². The van der Waals surface area contributed by atoms with Gasteiger partial charge in [-0.15, -0.1) is 0 Å². The van der Waals surface area contributed by atoms with E-state index in [1.165, 1.54) is 6.33 Å². The van der Waals surface area contributed by atoms with Crippen LogP contribution in [0.25, 0.3) is 0 Å². The maximum atomic E-state index is 5.73. The van der Waals surface area contributed by atoms with Crippen LogP contribution >= 0.6 is 0 Å². The number of hydrogen-bond donors (Lipinski definition) is 2. The molecule has 5 nitrogen and oxygen atoms in total. The molecule has 0 saturated heterocycles. The molecule has 0 amide bonds. The zero-order valence-electron chi connectivity index (χ0n) is 8.03. The molecule has 0 saturated carbocycles. The molecule has 1 aromatic heterocycles. The number of hydrogen-bond acceptors (Lipinski definition) is 5. The highest BCUT2D eigenvalue weighted by Gasteiger charge is 2.08. The molecular formula is C8H14N4O. The Hall–Kier alpha value is -1.52. The summed E-state index contributed by atoms with van der Waals surface area (Å²) in [6.45, 7) is 3.83. The Bertz CT molecular complexity index is 287. The van der Waals surface area contributed by atoms with E-state index >= 15 is 0 Å². The summed E-state index contributed by atoms with van der Waals surface area (Å²) in [4.78, 5) is 7.87. The lowest BCUT2D eigenvalue weighted by molar-refractivity contribution is 0.234. The lowest BCUT2D eigenvalue weighted by atomic mass is 10.4. The van der Waals surface area contributed by atoms with Gasteiger partial charge in [-0.3, -0.25) is 0 Å². The standard InChI is InChI=1S/C8H14N4O/c1-5(2)13-8-6(9)7(10-3)11-4-12-8/h4-5H,9H2,1-3H3,(H,10,11,12). The van der Waals surface area contributed by atoms with Gasteiger partial charge in [0.05, 0.1) is 6.10 Å². The van der Waals surface area contributed by atoms with Crippen LogP contribution in [0, 0.1) is 0 Å². The normalized spacial score (nSPS) is 10.2.